The van der Waals surface area contributed by atoms with E-state index in [1.54, 1.807) is 12.5 Å². The fourth-order valence-electron chi connectivity index (χ4n) is 2.73. The monoisotopic (exact) mass is 352 g/mol. The van der Waals surface area contributed by atoms with E-state index in [0.29, 0.717) is 18.3 Å². The van der Waals surface area contributed by atoms with Crippen molar-refractivity contribution in [3.63, 3.8) is 0 Å². The van der Waals surface area contributed by atoms with E-state index in [1.165, 1.54) is 5.69 Å². The Bertz CT molecular complexity index is 830. The first-order valence-corrected chi connectivity index (χ1v) is 8.78. The average molecular weight is 352 g/mol. The number of aryl methyl sites for hydroxylation is 1. The number of furan rings is 1. The zero-order valence-corrected chi connectivity index (χ0v) is 15.4. The smallest absolute Gasteiger partial charge is 0.245 e. The van der Waals surface area contributed by atoms with Gasteiger partial charge in [0.05, 0.1) is 19.0 Å². The van der Waals surface area contributed by atoms with Crippen molar-refractivity contribution in [3.8, 4) is 0 Å². The van der Waals surface area contributed by atoms with E-state index in [-0.39, 0.29) is 0 Å². The van der Waals surface area contributed by atoms with Crippen LogP contribution < -0.4 is 15.5 Å². The van der Waals surface area contributed by atoms with Gasteiger partial charge in [0.25, 0.3) is 0 Å². The minimum Gasteiger partial charge on any atom is -0.467 e. The van der Waals surface area contributed by atoms with Gasteiger partial charge in [0.1, 0.15) is 5.76 Å². The lowest BCUT2D eigenvalue weighted by atomic mass is 10.1. The molecular formula is C19H24N6O. The van der Waals surface area contributed by atoms with Crippen LogP contribution in [0.4, 0.5) is 23.1 Å². The van der Waals surface area contributed by atoms with Gasteiger partial charge in [0.2, 0.25) is 5.95 Å². The minimum absolute atomic E-state index is 0.448. The maximum atomic E-state index is 5.29. The Morgan fingerprint density at radius 2 is 2.00 bits per heavy atom. The van der Waals surface area contributed by atoms with E-state index < -0.39 is 0 Å². The third kappa shape index (κ3) is 4.30. The van der Waals surface area contributed by atoms with Crippen LogP contribution in [0, 0.1) is 6.92 Å². The third-order valence-corrected chi connectivity index (χ3v) is 4.16. The number of hydrogen-bond donors (Lipinski definition) is 2. The first kappa shape index (κ1) is 17.7. The SMILES string of the molecule is CCN(CC)c1ccc(Nc2cnnc(NCc3ccco3)n2)c(C)c1. The van der Waals surface area contributed by atoms with Crippen molar-refractivity contribution >= 4 is 23.1 Å². The Morgan fingerprint density at radius 3 is 2.69 bits per heavy atom. The molecule has 2 N–H and O–H groups in total. The summed E-state index contributed by atoms with van der Waals surface area (Å²) in [5.74, 6) is 1.90. The lowest BCUT2D eigenvalue weighted by Crippen LogP contribution is -2.21. The quantitative estimate of drug-likeness (QED) is 0.635. The first-order valence-electron chi connectivity index (χ1n) is 8.78. The molecule has 0 bridgehead atoms. The molecule has 0 saturated carbocycles. The van der Waals surface area contributed by atoms with Gasteiger partial charge in [-0.15, -0.1) is 5.10 Å². The molecule has 0 radical (unpaired) electrons. The Labute approximate surface area is 153 Å². The van der Waals surface area contributed by atoms with Crippen LogP contribution in [0.25, 0.3) is 0 Å². The third-order valence-electron chi connectivity index (χ3n) is 4.16. The van der Waals surface area contributed by atoms with Crippen molar-refractivity contribution in [1.29, 1.82) is 0 Å². The standard InChI is InChI=1S/C19H24N6O/c1-4-25(5-2)15-8-9-17(14(3)11-15)22-18-13-21-24-19(23-18)20-12-16-7-6-10-26-16/h6-11,13H,4-5,12H2,1-3H3,(H2,20,22,23,24). The molecule has 136 valence electrons. The molecule has 0 atom stereocenters. The van der Waals surface area contributed by atoms with Gasteiger partial charge in [-0.2, -0.15) is 10.1 Å². The summed E-state index contributed by atoms with van der Waals surface area (Å²) in [6.45, 7) is 8.89. The Balaban J connectivity index is 1.69. The second kappa shape index (κ2) is 8.33. The highest BCUT2D eigenvalue weighted by Crippen LogP contribution is 2.25. The highest BCUT2D eigenvalue weighted by Gasteiger charge is 2.07. The topological polar surface area (TPSA) is 79.1 Å². The molecule has 0 amide bonds. The van der Waals surface area contributed by atoms with Crippen LogP contribution >= 0.6 is 0 Å². The Hall–Kier alpha value is -3.09. The summed E-state index contributed by atoms with van der Waals surface area (Å²) in [5.41, 5.74) is 3.37. The molecular weight excluding hydrogens is 328 g/mol. The largest absolute Gasteiger partial charge is 0.467 e. The van der Waals surface area contributed by atoms with Crippen molar-refractivity contribution in [3.05, 3.63) is 54.1 Å². The maximum Gasteiger partial charge on any atom is 0.245 e. The van der Waals surface area contributed by atoms with Crippen LogP contribution in [0.5, 0.6) is 0 Å². The van der Waals surface area contributed by atoms with E-state index in [4.69, 9.17) is 4.42 Å². The van der Waals surface area contributed by atoms with Gasteiger partial charge in [-0.05, 0) is 56.7 Å². The number of hydrogen-bond acceptors (Lipinski definition) is 7. The molecule has 0 saturated heterocycles. The molecule has 3 aromatic rings. The van der Waals surface area contributed by atoms with Crippen LogP contribution in [0.3, 0.4) is 0 Å². The van der Waals surface area contributed by atoms with Crippen LogP contribution in [0.1, 0.15) is 25.2 Å². The zero-order valence-electron chi connectivity index (χ0n) is 15.4. The number of anilines is 4. The summed E-state index contributed by atoms with van der Waals surface area (Å²) >= 11 is 0. The van der Waals surface area contributed by atoms with E-state index in [9.17, 15) is 0 Å². The molecule has 0 aliphatic carbocycles. The van der Waals surface area contributed by atoms with E-state index in [2.05, 4.69) is 69.7 Å². The number of rotatable bonds is 8. The summed E-state index contributed by atoms with van der Waals surface area (Å²) in [6, 6.07) is 10.1. The van der Waals surface area contributed by atoms with Crippen molar-refractivity contribution in [2.24, 2.45) is 0 Å². The Morgan fingerprint density at radius 1 is 1.15 bits per heavy atom. The molecule has 1 aromatic carbocycles. The van der Waals surface area contributed by atoms with Crippen LogP contribution in [-0.2, 0) is 6.54 Å². The van der Waals surface area contributed by atoms with E-state index >= 15 is 0 Å². The van der Waals surface area contributed by atoms with E-state index in [1.807, 2.05) is 12.1 Å². The highest BCUT2D eigenvalue weighted by atomic mass is 16.3. The summed E-state index contributed by atoms with van der Waals surface area (Å²) in [5, 5.41) is 14.4. The second-order valence-electron chi connectivity index (χ2n) is 5.89. The maximum absolute atomic E-state index is 5.29. The molecule has 2 aromatic heterocycles. The summed E-state index contributed by atoms with van der Waals surface area (Å²) in [7, 11) is 0. The second-order valence-corrected chi connectivity index (χ2v) is 5.89. The summed E-state index contributed by atoms with van der Waals surface area (Å²) in [4.78, 5) is 6.77. The predicted molar refractivity (Wildman–Crippen MR) is 104 cm³/mol. The first-order chi connectivity index (χ1) is 12.7. The van der Waals surface area contributed by atoms with Gasteiger partial charge < -0.3 is 20.0 Å². The summed E-state index contributed by atoms with van der Waals surface area (Å²) in [6.07, 6.45) is 3.24. The highest BCUT2D eigenvalue weighted by molar-refractivity contribution is 5.65. The molecule has 0 aliphatic heterocycles. The van der Waals surface area contributed by atoms with Gasteiger partial charge >= 0.3 is 0 Å². The molecule has 3 rings (SSSR count). The molecule has 26 heavy (non-hydrogen) atoms. The molecule has 2 heterocycles. The number of nitrogens with zero attached hydrogens (tertiary/aromatic N) is 4. The average Bonchev–Trinajstić information content (AvgIpc) is 3.17. The zero-order chi connectivity index (χ0) is 18.4. The van der Waals surface area contributed by atoms with Crippen molar-refractivity contribution < 1.29 is 4.42 Å². The lowest BCUT2D eigenvalue weighted by Gasteiger charge is -2.22. The predicted octanol–water partition coefficient (Wildman–Crippen LogP) is 3.97. The molecule has 0 fully saturated rings. The number of aromatic nitrogens is 3. The molecule has 0 spiro atoms. The fraction of sp³-hybridized carbons (Fsp3) is 0.316. The lowest BCUT2D eigenvalue weighted by molar-refractivity contribution is 0.517. The van der Waals surface area contributed by atoms with Crippen LogP contribution in [-0.4, -0.2) is 28.3 Å². The van der Waals surface area contributed by atoms with Crippen molar-refractivity contribution in [2.45, 2.75) is 27.3 Å². The van der Waals surface area contributed by atoms with Crippen molar-refractivity contribution in [2.75, 3.05) is 28.6 Å². The molecule has 0 aliphatic rings. The fourth-order valence-corrected chi connectivity index (χ4v) is 2.73. The Kier molecular flexibility index (Phi) is 5.68. The van der Waals surface area contributed by atoms with Crippen molar-refractivity contribution in [1.82, 2.24) is 15.2 Å². The van der Waals surface area contributed by atoms with Crippen LogP contribution in [0.2, 0.25) is 0 Å². The van der Waals surface area contributed by atoms with Crippen LogP contribution in [0.15, 0.2) is 47.2 Å². The van der Waals surface area contributed by atoms with Gasteiger partial charge in [-0.1, -0.05) is 0 Å². The van der Waals surface area contributed by atoms with Gasteiger partial charge in [-0.25, -0.2) is 0 Å². The van der Waals surface area contributed by atoms with Gasteiger partial charge in [-0.3, -0.25) is 0 Å². The molecule has 7 nitrogen and oxygen atoms in total. The number of benzene rings is 1. The normalized spacial score (nSPS) is 10.6. The number of nitrogens with one attached hydrogen (secondary N) is 2. The van der Waals surface area contributed by atoms with Gasteiger partial charge in [0.15, 0.2) is 5.82 Å². The minimum atomic E-state index is 0.448. The van der Waals surface area contributed by atoms with Gasteiger partial charge in [0, 0.05) is 24.5 Å². The summed E-state index contributed by atoms with van der Waals surface area (Å²) < 4.78 is 5.29. The molecule has 7 heteroatoms. The molecule has 0 unspecified atom stereocenters. The van der Waals surface area contributed by atoms with E-state index in [0.717, 1.165) is 30.1 Å².